The highest BCUT2D eigenvalue weighted by molar-refractivity contribution is 5.28. The minimum absolute atomic E-state index is 0.359. The third kappa shape index (κ3) is 4.59. The fraction of sp³-hybridized carbons (Fsp3) is 0.429. The van der Waals surface area contributed by atoms with Gasteiger partial charge in [0, 0.05) is 12.0 Å². The van der Waals surface area contributed by atoms with E-state index in [0.717, 1.165) is 44.6 Å². The van der Waals surface area contributed by atoms with E-state index in [1.807, 2.05) is 12.1 Å². The molecule has 0 radical (unpaired) electrons. The molecule has 0 aromatic heterocycles. The Kier molecular flexibility index (Phi) is 5.89. The summed E-state index contributed by atoms with van der Waals surface area (Å²) >= 11 is 0. The summed E-state index contributed by atoms with van der Waals surface area (Å²) in [5.41, 5.74) is 4.21. The predicted octanol–water partition coefficient (Wildman–Crippen LogP) is 2.02. The molecule has 0 aliphatic carbocycles. The van der Waals surface area contributed by atoms with Gasteiger partial charge in [0.2, 0.25) is 0 Å². The number of aryl methyl sites for hydroxylation is 1. The lowest BCUT2D eigenvalue weighted by atomic mass is 10.00. The normalized spacial score (nSPS) is 18.0. The van der Waals surface area contributed by atoms with Gasteiger partial charge in [-0.1, -0.05) is 49.7 Å². The number of quaternary nitrogens is 1. The second-order valence-electron chi connectivity index (χ2n) is 6.76. The van der Waals surface area contributed by atoms with E-state index in [1.165, 1.54) is 21.6 Å². The molecule has 3 nitrogen and oxygen atoms in total. The van der Waals surface area contributed by atoms with Gasteiger partial charge in [0.05, 0.1) is 6.54 Å². The summed E-state index contributed by atoms with van der Waals surface area (Å²) in [4.78, 5) is 1.43. The molecule has 0 saturated heterocycles. The van der Waals surface area contributed by atoms with Crippen LogP contribution in [0.25, 0.3) is 0 Å². The highest BCUT2D eigenvalue weighted by atomic mass is 16.5. The first kappa shape index (κ1) is 17.0. The number of fused-ring (bicyclic) bond motifs is 1. The quantitative estimate of drug-likeness (QED) is 0.816. The van der Waals surface area contributed by atoms with E-state index in [-0.39, 0.29) is 0 Å². The Balaban J connectivity index is 1.45. The molecule has 0 amide bonds. The molecule has 1 aliphatic rings. The number of hydrogen-bond acceptors (Lipinski definition) is 2. The van der Waals surface area contributed by atoms with Gasteiger partial charge < -0.3 is 14.7 Å². The van der Waals surface area contributed by atoms with E-state index in [9.17, 15) is 5.11 Å². The van der Waals surface area contributed by atoms with Gasteiger partial charge in [0.15, 0.2) is 0 Å². The van der Waals surface area contributed by atoms with Gasteiger partial charge in [-0.15, -0.1) is 0 Å². The van der Waals surface area contributed by atoms with Gasteiger partial charge in [0.1, 0.15) is 31.5 Å². The van der Waals surface area contributed by atoms with Crippen molar-refractivity contribution < 1.29 is 14.7 Å². The summed E-state index contributed by atoms with van der Waals surface area (Å²) in [6.07, 6.45) is 2.92. The van der Waals surface area contributed by atoms with E-state index in [0.29, 0.717) is 6.61 Å². The third-order valence-electron chi connectivity index (χ3n) is 4.74. The molecule has 128 valence electrons. The van der Waals surface area contributed by atoms with E-state index in [2.05, 4.69) is 43.3 Å². The predicted molar refractivity (Wildman–Crippen MR) is 96.5 cm³/mol. The Hall–Kier alpha value is -1.84. The molecule has 3 heteroatoms. The van der Waals surface area contributed by atoms with Crippen LogP contribution in [0.2, 0.25) is 0 Å². The molecule has 0 spiro atoms. The molecule has 2 aromatic rings. The zero-order valence-corrected chi connectivity index (χ0v) is 14.5. The molecule has 1 unspecified atom stereocenters. The van der Waals surface area contributed by atoms with Crippen LogP contribution in [0, 0.1) is 0 Å². The van der Waals surface area contributed by atoms with Gasteiger partial charge in [-0.2, -0.15) is 0 Å². The number of aliphatic hydroxyl groups excluding tert-OH is 1. The maximum atomic E-state index is 10.3. The smallest absolute Gasteiger partial charge is 0.137 e. The summed E-state index contributed by atoms with van der Waals surface area (Å²) in [7, 11) is 0. The van der Waals surface area contributed by atoms with E-state index >= 15 is 0 Å². The average molecular weight is 326 g/mol. The lowest BCUT2D eigenvalue weighted by Crippen LogP contribution is -3.13. The van der Waals surface area contributed by atoms with Crippen molar-refractivity contribution in [3.63, 3.8) is 0 Å². The first-order chi connectivity index (χ1) is 11.7. The number of benzene rings is 2. The first-order valence-corrected chi connectivity index (χ1v) is 9.04. The van der Waals surface area contributed by atoms with Crippen molar-refractivity contribution in [3.8, 4) is 5.75 Å². The molecule has 24 heavy (non-hydrogen) atoms. The topological polar surface area (TPSA) is 33.9 Å². The summed E-state index contributed by atoms with van der Waals surface area (Å²) in [6.45, 7) is 5.36. The van der Waals surface area contributed by atoms with E-state index in [1.54, 1.807) is 0 Å². The highest BCUT2D eigenvalue weighted by Crippen LogP contribution is 2.14. The monoisotopic (exact) mass is 326 g/mol. The van der Waals surface area contributed by atoms with Crippen LogP contribution >= 0.6 is 0 Å². The molecule has 2 aromatic carbocycles. The second kappa shape index (κ2) is 8.32. The molecule has 2 atom stereocenters. The molecule has 1 heterocycles. The SMILES string of the molecule is CCCc1ccc(OC[C@H](O)C[NH+]2CCc3ccccc3C2)cc1. The van der Waals surface area contributed by atoms with Crippen LogP contribution in [0.5, 0.6) is 5.75 Å². The van der Waals surface area contributed by atoms with Gasteiger partial charge in [-0.05, 0) is 29.7 Å². The molecule has 1 aliphatic heterocycles. The van der Waals surface area contributed by atoms with Crippen molar-refractivity contribution in [1.82, 2.24) is 0 Å². The van der Waals surface area contributed by atoms with Crippen molar-refractivity contribution in [2.24, 2.45) is 0 Å². The summed E-state index contributed by atoms with van der Waals surface area (Å²) in [6, 6.07) is 16.9. The zero-order valence-electron chi connectivity index (χ0n) is 14.5. The maximum Gasteiger partial charge on any atom is 0.137 e. The average Bonchev–Trinajstić information content (AvgIpc) is 2.61. The van der Waals surface area contributed by atoms with Crippen LogP contribution in [0.1, 0.15) is 30.0 Å². The Morgan fingerprint density at radius 3 is 2.58 bits per heavy atom. The number of nitrogens with one attached hydrogen (secondary N) is 1. The Bertz CT molecular complexity index is 639. The second-order valence-corrected chi connectivity index (χ2v) is 6.76. The fourth-order valence-corrected chi connectivity index (χ4v) is 3.44. The summed E-state index contributed by atoms with van der Waals surface area (Å²) in [5, 5.41) is 10.3. The third-order valence-corrected chi connectivity index (χ3v) is 4.74. The lowest BCUT2D eigenvalue weighted by Gasteiger charge is -2.27. The van der Waals surface area contributed by atoms with Crippen molar-refractivity contribution in [3.05, 3.63) is 65.2 Å². The Morgan fingerprint density at radius 2 is 1.83 bits per heavy atom. The number of aliphatic hydroxyl groups is 1. The van der Waals surface area contributed by atoms with Crippen LogP contribution in [-0.4, -0.2) is 30.9 Å². The van der Waals surface area contributed by atoms with Crippen LogP contribution in [0.4, 0.5) is 0 Å². The molecule has 0 bridgehead atoms. The zero-order chi connectivity index (χ0) is 16.8. The van der Waals surface area contributed by atoms with Crippen molar-refractivity contribution in [2.45, 2.75) is 38.8 Å². The molecule has 0 saturated carbocycles. The van der Waals surface area contributed by atoms with Gasteiger partial charge >= 0.3 is 0 Å². The van der Waals surface area contributed by atoms with Gasteiger partial charge in [-0.3, -0.25) is 0 Å². The number of ether oxygens (including phenoxy) is 1. The fourth-order valence-electron chi connectivity index (χ4n) is 3.44. The van der Waals surface area contributed by atoms with Gasteiger partial charge in [0.25, 0.3) is 0 Å². The molecule has 0 fully saturated rings. The van der Waals surface area contributed by atoms with Crippen molar-refractivity contribution >= 4 is 0 Å². The van der Waals surface area contributed by atoms with Crippen molar-refractivity contribution in [1.29, 1.82) is 0 Å². The number of rotatable bonds is 7. The first-order valence-electron chi connectivity index (χ1n) is 9.04. The van der Waals surface area contributed by atoms with Gasteiger partial charge in [-0.25, -0.2) is 0 Å². The summed E-state index contributed by atoms with van der Waals surface area (Å²) < 4.78 is 5.75. The standard InChI is InChI=1S/C21H27NO2/c1-2-5-17-8-10-21(11-9-17)24-16-20(23)15-22-13-12-18-6-3-4-7-19(18)14-22/h3-4,6-11,20,23H,2,5,12-16H2,1H3/p+1/t20-/m1/s1. The van der Waals surface area contributed by atoms with E-state index < -0.39 is 6.10 Å². The largest absolute Gasteiger partial charge is 0.491 e. The molecular formula is C21H28NO2+. The van der Waals surface area contributed by atoms with Crippen LogP contribution < -0.4 is 9.64 Å². The lowest BCUT2D eigenvalue weighted by molar-refractivity contribution is -0.918. The maximum absolute atomic E-state index is 10.3. The molecule has 2 N–H and O–H groups in total. The molecular weight excluding hydrogens is 298 g/mol. The Morgan fingerprint density at radius 1 is 1.08 bits per heavy atom. The number of hydrogen-bond donors (Lipinski definition) is 2. The Labute approximate surface area is 144 Å². The van der Waals surface area contributed by atoms with Crippen LogP contribution in [0.3, 0.4) is 0 Å². The highest BCUT2D eigenvalue weighted by Gasteiger charge is 2.21. The minimum atomic E-state index is -0.430. The van der Waals surface area contributed by atoms with Crippen LogP contribution in [0.15, 0.2) is 48.5 Å². The van der Waals surface area contributed by atoms with Crippen LogP contribution in [-0.2, 0) is 19.4 Å². The molecule has 3 rings (SSSR count). The van der Waals surface area contributed by atoms with E-state index in [4.69, 9.17) is 4.74 Å². The minimum Gasteiger partial charge on any atom is -0.491 e. The summed E-state index contributed by atoms with van der Waals surface area (Å²) in [5.74, 6) is 0.841. The van der Waals surface area contributed by atoms with Crippen molar-refractivity contribution in [2.75, 3.05) is 19.7 Å².